The Morgan fingerprint density at radius 3 is 2.28 bits per heavy atom. The highest BCUT2D eigenvalue weighted by Gasteiger charge is 2.09. The molecule has 0 aliphatic rings. The zero-order valence-corrected chi connectivity index (χ0v) is 12.2. The summed E-state index contributed by atoms with van der Waals surface area (Å²) in [4.78, 5) is 0. The van der Waals surface area contributed by atoms with Crippen molar-refractivity contribution in [1.82, 2.24) is 5.32 Å². The van der Waals surface area contributed by atoms with E-state index in [0.717, 1.165) is 18.2 Å². The van der Waals surface area contributed by atoms with Crippen molar-refractivity contribution in [2.45, 2.75) is 52.6 Å². The number of methoxy groups -OCH3 is 1. The van der Waals surface area contributed by atoms with Crippen molar-refractivity contribution in [3.8, 4) is 5.75 Å². The Morgan fingerprint density at radius 2 is 1.78 bits per heavy atom. The molecule has 0 aromatic heterocycles. The van der Waals surface area contributed by atoms with E-state index in [1.165, 1.54) is 24.8 Å². The maximum Gasteiger partial charge on any atom is 0.118 e. The Balaban J connectivity index is 2.41. The Kier molecular flexibility index (Phi) is 6.81. The van der Waals surface area contributed by atoms with Crippen molar-refractivity contribution in [2.75, 3.05) is 7.11 Å². The van der Waals surface area contributed by atoms with Gasteiger partial charge in [0.05, 0.1) is 7.11 Å². The molecular formula is C16H27NO. The molecule has 0 radical (unpaired) electrons. The highest BCUT2D eigenvalue weighted by Crippen LogP contribution is 2.14. The third-order valence-corrected chi connectivity index (χ3v) is 3.63. The van der Waals surface area contributed by atoms with Gasteiger partial charge in [0.2, 0.25) is 0 Å². The summed E-state index contributed by atoms with van der Waals surface area (Å²) in [6.45, 7) is 7.80. The van der Waals surface area contributed by atoms with E-state index in [1.54, 1.807) is 7.11 Å². The maximum atomic E-state index is 5.16. The zero-order valence-electron chi connectivity index (χ0n) is 12.2. The molecule has 102 valence electrons. The quantitative estimate of drug-likeness (QED) is 0.752. The number of hydrogen-bond donors (Lipinski definition) is 1. The van der Waals surface area contributed by atoms with Gasteiger partial charge in [-0.05, 0) is 36.5 Å². The van der Waals surface area contributed by atoms with Crippen LogP contribution in [0, 0.1) is 5.92 Å². The minimum Gasteiger partial charge on any atom is -0.497 e. The third-order valence-electron chi connectivity index (χ3n) is 3.63. The standard InChI is InChI=1S/C16H27NO/c1-5-13(3)11-15(6-2)17-12-14-7-9-16(18-4)10-8-14/h7-10,13,15,17H,5-6,11-12H2,1-4H3. The summed E-state index contributed by atoms with van der Waals surface area (Å²) in [7, 11) is 1.70. The summed E-state index contributed by atoms with van der Waals surface area (Å²) in [5.41, 5.74) is 1.32. The number of hydrogen-bond acceptors (Lipinski definition) is 2. The predicted octanol–water partition coefficient (Wildman–Crippen LogP) is 4.00. The average Bonchev–Trinajstić information content (AvgIpc) is 2.43. The van der Waals surface area contributed by atoms with Crippen LogP contribution in [-0.2, 0) is 6.54 Å². The van der Waals surface area contributed by atoms with Crippen LogP contribution in [0.25, 0.3) is 0 Å². The second-order valence-electron chi connectivity index (χ2n) is 5.08. The summed E-state index contributed by atoms with van der Waals surface area (Å²) in [6.07, 6.45) is 3.73. The van der Waals surface area contributed by atoms with Crippen LogP contribution in [0.1, 0.15) is 45.6 Å². The largest absolute Gasteiger partial charge is 0.497 e. The first-order valence-electron chi connectivity index (χ1n) is 7.05. The first-order valence-corrected chi connectivity index (χ1v) is 7.05. The Bertz CT molecular complexity index is 320. The van der Waals surface area contributed by atoms with Gasteiger partial charge in [0.25, 0.3) is 0 Å². The molecule has 18 heavy (non-hydrogen) atoms. The van der Waals surface area contributed by atoms with Crippen molar-refractivity contribution in [3.63, 3.8) is 0 Å². The molecule has 0 aliphatic carbocycles. The normalized spacial score (nSPS) is 14.2. The lowest BCUT2D eigenvalue weighted by Gasteiger charge is -2.20. The minimum absolute atomic E-state index is 0.627. The summed E-state index contributed by atoms with van der Waals surface area (Å²) in [5.74, 6) is 1.73. The van der Waals surface area contributed by atoms with Crippen LogP contribution in [-0.4, -0.2) is 13.2 Å². The smallest absolute Gasteiger partial charge is 0.118 e. The van der Waals surface area contributed by atoms with E-state index in [-0.39, 0.29) is 0 Å². The molecule has 0 fully saturated rings. The summed E-state index contributed by atoms with van der Waals surface area (Å²) >= 11 is 0. The van der Waals surface area contributed by atoms with Crippen molar-refractivity contribution in [3.05, 3.63) is 29.8 Å². The lowest BCUT2D eigenvalue weighted by atomic mass is 9.97. The van der Waals surface area contributed by atoms with E-state index < -0.39 is 0 Å². The lowest BCUT2D eigenvalue weighted by Crippen LogP contribution is -2.29. The van der Waals surface area contributed by atoms with Gasteiger partial charge in [0, 0.05) is 12.6 Å². The number of nitrogens with one attached hydrogen (secondary N) is 1. The van der Waals surface area contributed by atoms with Gasteiger partial charge in [-0.3, -0.25) is 0 Å². The van der Waals surface area contributed by atoms with Crippen LogP contribution < -0.4 is 10.1 Å². The van der Waals surface area contributed by atoms with E-state index in [9.17, 15) is 0 Å². The molecule has 0 aliphatic heterocycles. The number of benzene rings is 1. The second kappa shape index (κ2) is 8.15. The summed E-state index contributed by atoms with van der Waals surface area (Å²) in [6, 6.07) is 8.92. The van der Waals surface area contributed by atoms with Crippen LogP contribution in [0.3, 0.4) is 0 Å². The molecule has 0 spiro atoms. The van der Waals surface area contributed by atoms with Crippen LogP contribution in [0.15, 0.2) is 24.3 Å². The molecule has 1 rings (SSSR count). The van der Waals surface area contributed by atoms with Gasteiger partial charge >= 0.3 is 0 Å². The highest BCUT2D eigenvalue weighted by atomic mass is 16.5. The molecule has 2 heteroatoms. The van der Waals surface area contributed by atoms with Crippen molar-refractivity contribution in [1.29, 1.82) is 0 Å². The van der Waals surface area contributed by atoms with Gasteiger partial charge in [-0.1, -0.05) is 39.3 Å². The molecule has 0 bridgehead atoms. The zero-order chi connectivity index (χ0) is 13.4. The van der Waals surface area contributed by atoms with Crippen LogP contribution in [0.5, 0.6) is 5.75 Å². The first kappa shape index (κ1) is 15.0. The van der Waals surface area contributed by atoms with E-state index in [4.69, 9.17) is 4.74 Å². The van der Waals surface area contributed by atoms with Crippen molar-refractivity contribution >= 4 is 0 Å². The number of ether oxygens (including phenoxy) is 1. The Hall–Kier alpha value is -1.02. The van der Waals surface area contributed by atoms with Crippen molar-refractivity contribution in [2.24, 2.45) is 5.92 Å². The van der Waals surface area contributed by atoms with Crippen LogP contribution >= 0.6 is 0 Å². The Labute approximate surface area is 112 Å². The van der Waals surface area contributed by atoms with E-state index in [1.807, 2.05) is 12.1 Å². The second-order valence-corrected chi connectivity index (χ2v) is 5.08. The molecule has 1 aromatic rings. The maximum absolute atomic E-state index is 5.16. The first-order chi connectivity index (χ1) is 8.69. The molecule has 2 atom stereocenters. The Morgan fingerprint density at radius 1 is 1.11 bits per heavy atom. The molecule has 2 unspecified atom stereocenters. The van der Waals surface area contributed by atoms with Crippen LogP contribution in [0.4, 0.5) is 0 Å². The van der Waals surface area contributed by atoms with Gasteiger partial charge in [0.1, 0.15) is 5.75 Å². The van der Waals surface area contributed by atoms with Gasteiger partial charge in [-0.2, -0.15) is 0 Å². The number of rotatable bonds is 8. The highest BCUT2D eigenvalue weighted by molar-refractivity contribution is 5.27. The van der Waals surface area contributed by atoms with Gasteiger partial charge in [-0.15, -0.1) is 0 Å². The SMILES string of the molecule is CCC(C)CC(CC)NCc1ccc(OC)cc1. The van der Waals surface area contributed by atoms with Crippen LogP contribution in [0.2, 0.25) is 0 Å². The summed E-state index contributed by atoms with van der Waals surface area (Å²) in [5, 5.41) is 3.65. The molecule has 0 amide bonds. The monoisotopic (exact) mass is 249 g/mol. The van der Waals surface area contributed by atoms with Gasteiger partial charge in [-0.25, -0.2) is 0 Å². The fraction of sp³-hybridized carbons (Fsp3) is 0.625. The molecule has 2 nitrogen and oxygen atoms in total. The molecule has 0 heterocycles. The third kappa shape index (κ3) is 5.09. The van der Waals surface area contributed by atoms with E-state index >= 15 is 0 Å². The lowest BCUT2D eigenvalue weighted by molar-refractivity contribution is 0.383. The predicted molar refractivity (Wildman–Crippen MR) is 78.0 cm³/mol. The topological polar surface area (TPSA) is 21.3 Å². The molecule has 1 N–H and O–H groups in total. The average molecular weight is 249 g/mol. The summed E-state index contributed by atoms with van der Waals surface area (Å²) < 4.78 is 5.16. The molecule has 0 saturated heterocycles. The van der Waals surface area contributed by atoms with Gasteiger partial charge in [0.15, 0.2) is 0 Å². The van der Waals surface area contributed by atoms with Crippen molar-refractivity contribution < 1.29 is 4.74 Å². The molecular weight excluding hydrogens is 222 g/mol. The fourth-order valence-corrected chi connectivity index (χ4v) is 2.05. The molecule has 0 saturated carbocycles. The van der Waals surface area contributed by atoms with E-state index in [0.29, 0.717) is 6.04 Å². The molecule has 1 aromatic carbocycles. The fourth-order valence-electron chi connectivity index (χ4n) is 2.05. The van der Waals surface area contributed by atoms with Gasteiger partial charge < -0.3 is 10.1 Å². The van der Waals surface area contributed by atoms with E-state index in [2.05, 4.69) is 38.2 Å². The minimum atomic E-state index is 0.627.